The molecule has 1 aromatic heterocycles. The highest BCUT2D eigenvalue weighted by Gasteiger charge is 2.35. The third-order valence-corrected chi connectivity index (χ3v) is 3.88. The Labute approximate surface area is 120 Å². The van der Waals surface area contributed by atoms with Crippen molar-refractivity contribution in [3.05, 3.63) is 24.0 Å². The number of pyridine rings is 1. The Morgan fingerprint density at radius 3 is 2.76 bits per heavy atom. The van der Waals surface area contributed by atoms with Crippen molar-refractivity contribution in [1.29, 1.82) is 0 Å². The van der Waals surface area contributed by atoms with Crippen LogP contribution in [0.1, 0.15) is 25.0 Å². The normalized spacial score (nSPS) is 22.4. The van der Waals surface area contributed by atoms with Crippen LogP contribution in [0.2, 0.25) is 0 Å². The fourth-order valence-electron chi connectivity index (χ4n) is 2.53. The molecule has 7 heteroatoms. The summed E-state index contributed by atoms with van der Waals surface area (Å²) in [5.41, 5.74) is -0.426. The highest BCUT2D eigenvalue weighted by molar-refractivity contribution is 5.80. The highest BCUT2D eigenvalue weighted by Crippen LogP contribution is 2.31. The predicted octanol–water partition coefficient (Wildman–Crippen LogP) is 2.21. The molecule has 21 heavy (non-hydrogen) atoms. The molecule has 0 aromatic carbocycles. The number of carbonyl (C=O) groups excluding carboxylic acids is 1. The van der Waals surface area contributed by atoms with Gasteiger partial charge in [0.15, 0.2) is 0 Å². The molecule has 2 heterocycles. The van der Waals surface area contributed by atoms with Crippen LogP contribution >= 0.6 is 0 Å². The smallest absolute Gasteiger partial charge is 0.371 e. The minimum absolute atomic E-state index is 0.0186. The lowest BCUT2D eigenvalue weighted by molar-refractivity contribution is -0.141. The summed E-state index contributed by atoms with van der Waals surface area (Å²) in [4.78, 5) is 17.1. The molecule has 1 unspecified atom stereocenters. The lowest BCUT2D eigenvalue weighted by Crippen LogP contribution is -2.34. The summed E-state index contributed by atoms with van der Waals surface area (Å²) in [6.45, 7) is 1.05. The van der Waals surface area contributed by atoms with E-state index in [4.69, 9.17) is 0 Å². The third-order valence-electron chi connectivity index (χ3n) is 3.88. The monoisotopic (exact) mass is 299 g/mol. The first kappa shape index (κ1) is 14.2. The molecule has 1 aliphatic heterocycles. The molecule has 1 saturated heterocycles. The van der Waals surface area contributed by atoms with Crippen molar-refractivity contribution in [1.82, 2.24) is 10.3 Å². The second-order valence-corrected chi connectivity index (χ2v) is 5.61. The second kappa shape index (κ2) is 5.20. The first-order valence-corrected chi connectivity index (χ1v) is 7.02. The van der Waals surface area contributed by atoms with Gasteiger partial charge in [0.05, 0.1) is 5.92 Å². The van der Waals surface area contributed by atoms with Gasteiger partial charge >= 0.3 is 6.18 Å². The topological polar surface area (TPSA) is 45.2 Å². The van der Waals surface area contributed by atoms with Crippen molar-refractivity contribution >= 4 is 11.6 Å². The average molecular weight is 299 g/mol. The van der Waals surface area contributed by atoms with Crippen LogP contribution in [0.25, 0.3) is 0 Å². The molecule has 0 spiro atoms. The largest absolute Gasteiger partial charge is 0.433 e. The number of carbonyl (C=O) groups is 1. The third kappa shape index (κ3) is 3.28. The molecule has 1 aliphatic carbocycles. The van der Waals surface area contributed by atoms with Crippen LogP contribution in [-0.2, 0) is 11.0 Å². The fraction of sp³-hybridized carbons (Fsp3) is 0.571. The van der Waals surface area contributed by atoms with Gasteiger partial charge in [-0.25, -0.2) is 0 Å². The Morgan fingerprint density at radius 2 is 2.10 bits per heavy atom. The van der Waals surface area contributed by atoms with E-state index in [0.29, 0.717) is 31.2 Å². The molecule has 1 saturated carbocycles. The van der Waals surface area contributed by atoms with Gasteiger partial charge in [-0.05, 0) is 31.4 Å². The lowest BCUT2D eigenvalue weighted by Gasteiger charge is -2.19. The summed E-state index contributed by atoms with van der Waals surface area (Å²) < 4.78 is 38.0. The number of hydrogen-bond acceptors (Lipinski definition) is 3. The SMILES string of the molecule is O=C(NC1CC1)C1CCN(c2ccnc(C(F)(F)F)c2)C1. The first-order valence-electron chi connectivity index (χ1n) is 7.02. The molecule has 1 atom stereocenters. The number of nitrogens with zero attached hydrogens (tertiary/aromatic N) is 2. The van der Waals surface area contributed by atoms with Gasteiger partial charge in [-0.2, -0.15) is 13.2 Å². The maximum Gasteiger partial charge on any atom is 0.433 e. The minimum atomic E-state index is -4.45. The van der Waals surface area contributed by atoms with Gasteiger partial charge in [0.25, 0.3) is 0 Å². The molecular formula is C14H16F3N3O. The number of alkyl halides is 3. The maximum atomic E-state index is 12.7. The Morgan fingerprint density at radius 1 is 1.33 bits per heavy atom. The Hall–Kier alpha value is -1.79. The molecule has 1 aromatic rings. The van der Waals surface area contributed by atoms with Gasteiger partial charge in [0, 0.05) is 31.0 Å². The first-order chi connectivity index (χ1) is 9.93. The Balaban J connectivity index is 1.66. The van der Waals surface area contributed by atoms with E-state index in [-0.39, 0.29) is 11.8 Å². The molecule has 3 rings (SSSR count). The summed E-state index contributed by atoms with van der Waals surface area (Å²) in [5.74, 6) is -0.127. The summed E-state index contributed by atoms with van der Waals surface area (Å²) >= 11 is 0. The lowest BCUT2D eigenvalue weighted by atomic mass is 10.1. The Kier molecular flexibility index (Phi) is 3.51. The predicted molar refractivity (Wildman–Crippen MR) is 70.7 cm³/mol. The zero-order chi connectivity index (χ0) is 15.0. The van der Waals surface area contributed by atoms with Crippen LogP contribution in [0.4, 0.5) is 18.9 Å². The molecule has 1 N–H and O–H groups in total. The second-order valence-electron chi connectivity index (χ2n) is 5.61. The van der Waals surface area contributed by atoms with Gasteiger partial charge in [-0.15, -0.1) is 0 Å². The van der Waals surface area contributed by atoms with Crippen LogP contribution in [0.3, 0.4) is 0 Å². The van der Waals surface area contributed by atoms with E-state index in [1.54, 1.807) is 6.07 Å². The van der Waals surface area contributed by atoms with E-state index in [1.165, 1.54) is 0 Å². The quantitative estimate of drug-likeness (QED) is 0.930. The number of rotatable bonds is 3. The maximum absolute atomic E-state index is 12.7. The molecular weight excluding hydrogens is 283 g/mol. The van der Waals surface area contributed by atoms with E-state index >= 15 is 0 Å². The molecule has 0 radical (unpaired) electrons. The number of amides is 1. The molecule has 2 aliphatic rings. The summed E-state index contributed by atoms with van der Waals surface area (Å²) in [6, 6.07) is 2.90. The summed E-state index contributed by atoms with van der Waals surface area (Å²) in [7, 11) is 0. The number of hydrogen-bond donors (Lipinski definition) is 1. The van der Waals surface area contributed by atoms with Crippen molar-refractivity contribution in [2.45, 2.75) is 31.5 Å². The van der Waals surface area contributed by atoms with E-state index in [0.717, 1.165) is 25.1 Å². The average Bonchev–Trinajstić information content (AvgIpc) is 3.11. The van der Waals surface area contributed by atoms with Gasteiger partial charge in [-0.3, -0.25) is 9.78 Å². The van der Waals surface area contributed by atoms with E-state index in [1.807, 2.05) is 4.90 Å². The molecule has 1 amide bonds. The fourth-order valence-corrected chi connectivity index (χ4v) is 2.53. The standard InChI is InChI=1S/C14H16F3N3O/c15-14(16,17)12-7-11(3-5-18-12)20-6-4-9(8-20)13(21)19-10-1-2-10/h3,5,7,9-10H,1-2,4,6,8H2,(H,19,21). The molecule has 4 nitrogen and oxygen atoms in total. The van der Waals surface area contributed by atoms with Crippen LogP contribution in [-0.4, -0.2) is 30.0 Å². The number of nitrogens with one attached hydrogen (secondary N) is 1. The number of halogens is 3. The van der Waals surface area contributed by atoms with Crippen LogP contribution < -0.4 is 10.2 Å². The van der Waals surface area contributed by atoms with E-state index in [2.05, 4.69) is 10.3 Å². The van der Waals surface area contributed by atoms with Gasteiger partial charge in [-0.1, -0.05) is 0 Å². The Bertz CT molecular complexity index is 543. The van der Waals surface area contributed by atoms with Crippen LogP contribution in [0.15, 0.2) is 18.3 Å². The van der Waals surface area contributed by atoms with Crippen molar-refractivity contribution in [3.8, 4) is 0 Å². The minimum Gasteiger partial charge on any atom is -0.371 e. The summed E-state index contributed by atoms with van der Waals surface area (Å²) in [5, 5.41) is 2.95. The van der Waals surface area contributed by atoms with Gasteiger partial charge < -0.3 is 10.2 Å². The van der Waals surface area contributed by atoms with E-state index in [9.17, 15) is 18.0 Å². The van der Waals surface area contributed by atoms with E-state index < -0.39 is 11.9 Å². The van der Waals surface area contributed by atoms with Crippen molar-refractivity contribution in [2.75, 3.05) is 18.0 Å². The molecule has 2 fully saturated rings. The van der Waals surface area contributed by atoms with Crippen molar-refractivity contribution in [2.24, 2.45) is 5.92 Å². The zero-order valence-electron chi connectivity index (χ0n) is 11.4. The van der Waals surface area contributed by atoms with Crippen molar-refractivity contribution in [3.63, 3.8) is 0 Å². The zero-order valence-corrected chi connectivity index (χ0v) is 11.4. The number of aromatic nitrogens is 1. The van der Waals surface area contributed by atoms with Crippen LogP contribution in [0.5, 0.6) is 0 Å². The molecule has 114 valence electrons. The number of anilines is 1. The summed E-state index contributed by atoms with van der Waals surface area (Å²) in [6.07, 6.45) is -0.556. The van der Waals surface area contributed by atoms with Gasteiger partial charge in [0.2, 0.25) is 5.91 Å². The molecule has 0 bridgehead atoms. The highest BCUT2D eigenvalue weighted by atomic mass is 19.4. The van der Waals surface area contributed by atoms with Crippen molar-refractivity contribution < 1.29 is 18.0 Å². The van der Waals surface area contributed by atoms with Crippen LogP contribution in [0, 0.1) is 5.92 Å². The van der Waals surface area contributed by atoms with Gasteiger partial charge in [0.1, 0.15) is 5.69 Å².